The van der Waals surface area contributed by atoms with E-state index >= 15 is 0 Å². The molecule has 2 rings (SSSR count). The van der Waals surface area contributed by atoms with Crippen molar-refractivity contribution in [2.24, 2.45) is 0 Å². The van der Waals surface area contributed by atoms with Crippen LogP contribution in [0.15, 0.2) is 46.2 Å². The smallest absolute Gasteiger partial charge is 0.337 e. The Hall–Kier alpha value is -2.34. The van der Waals surface area contributed by atoms with E-state index in [0.29, 0.717) is 0 Å². The van der Waals surface area contributed by atoms with Crippen LogP contribution in [0.2, 0.25) is 5.02 Å². The molecule has 2 N–H and O–H groups in total. The number of carboxylic acids is 1. The molecule has 0 fully saturated rings. The first-order valence-corrected chi connectivity index (χ1v) is 12.0. The molecule has 0 aromatic heterocycles. The van der Waals surface area contributed by atoms with Gasteiger partial charge >= 0.3 is 5.97 Å². The van der Waals surface area contributed by atoms with Gasteiger partial charge in [0.25, 0.3) is 10.0 Å². The normalized spacial score (nSPS) is 12.0. The topological polar surface area (TPSA) is 130 Å². The molecule has 9 nitrogen and oxygen atoms in total. The van der Waals surface area contributed by atoms with E-state index in [0.717, 1.165) is 24.3 Å². The van der Waals surface area contributed by atoms with Gasteiger partial charge in [-0.25, -0.2) is 21.6 Å². The van der Waals surface area contributed by atoms with E-state index in [4.69, 9.17) is 21.4 Å². The minimum absolute atomic E-state index is 0.0875. The number of aromatic carboxylic acids is 1. The molecule has 0 aliphatic rings. The lowest BCUT2D eigenvalue weighted by Gasteiger charge is -2.20. The van der Waals surface area contributed by atoms with Gasteiger partial charge in [-0.05, 0) is 36.4 Å². The monoisotopic (exact) mass is 476 g/mol. The van der Waals surface area contributed by atoms with Crippen LogP contribution in [0.5, 0.6) is 5.75 Å². The molecule has 12 heteroatoms. The Kier molecular flexibility index (Phi) is 7.35. The molecule has 164 valence electrons. The Labute approximate surface area is 180 Å². The zero-order valence-electron chi connectivity index (χ0n) is 16.4. The fraction of sp³-hybridized carbons (Fsp3) is 0.278. The average Bonchev–Trinajstić information content (AvgIpc) is 2.68. The lowest BCUT2D eigenvalue weighted by molar-refractivity contribution is 0.0696. The van der Waals surface area contributed by atoms with Gasteiger partial charge in [0.05, 0.1) is 33.2 Å². The Balaban J connectivity index is 2.54. The maximum Gasteiger partial charge on any atom is 0.337 e. The van der Waals surface area contributed by atoms with Gasteiger partial charge in [0.2, 0.25) is 10.0 Å². The highest BCUT2D eigenvalue weighted by atomic mass is 35.5. The van der Waals surface area contributed by atoms with Crippen LogP contribution < -0.4 is 9.46 Å². The second-order valence-corrected chi connectivity index (χ2v) is 10.0. The van der Waals surface area contributed by atoms with Gasteiger partial charge in [0.15, 0.2) is 0 Å². The summed E-state index contributed by atoms with van der Waals surface area (Å²) in [6, 6.07) is 7.00. The van der Waals surface area contributed by atoms with Crippen molar-refractivity contribution in [1.29, 1.82) is 0 Å². The van der Waals surface area contributed by atoms with E-state index in [1.54, 1.807) is 13.8 Å². The average molecular weight is 477 g/mol. The van der Waals surface area contributed by atoms with Crippen molar-refractivity contribution in [3.8, 4) is 5.75 Å². The van der Waals surface area contributed by atoms with Crippen LogP contribution in [0, 0.1) is 0 Å². The highest BCUT2D eigenvalue weighted by molar-refractivity contribution is 7.92. The number of anilines is 1. The summed E-state index contributed by atoms with van der Waals surface area (Å²) in [5, 5.41) is 9.04. The summed E-state index contributed by atoms with van der Waals surface area (Å²) in [5.41, 5.74) is -0.498. The fourth-order valence-corrected chi connectivity index (χ4v) is 5.45. The predicted molar refractivity (Wildman–Crippen MR) is 112 cm³/mol. The number of hydrogen-bond acceptors (Lipinski definition) is 6. The van der Waals surface area contributed by atoms with Crippen molar-refractivity contribution in [1.82, 2.24) is 4.31 Å². The number of nitrogens with zero attached hydrogens (tertiary/aromatic N) is 1. The minimum Gasteiger partial charge on any atom is -0.495 e. The number of rotatable bonds is 9. The van der Waals surface area contributed by atoms with Crippen LogP contribution in [0.4, 0.5) is 5.69 Å². The molecule has 2 aromatic carbocycles. The van der Waals surface area contributed by atoms with Crippen molar-refractivity contribution in [3.63, 3.8) is 0 Å². The number of nitrogens with one attached hydrogen (secondary N) is 1. The molecule has 0 bridgehead atoms. The van der Waals surface area contributed by atoms with Crippen molar-refractivity contribution in [2.45, 2.75) is 23.6 Å². The molecule has 0 heterocycles. The van der Waals surface area contributed by atoms with Gasteiger partial charge in [-0.3, -0.25) is 4.72 Å². The van der Waals surface area contributed by atoms with Crippen LogP contribution in [0.25, 0.3) is 0 Å². The molecule has 0 saturated carbocycles. The molecule has 0 atom stereocenters. The molecular weight excluding hydrogens is 456 g/mol. The Morgan fingerprint density at radius 3 is 2.20 bits per heavy atom. The lowest BCUT2D eigenvalue weighted by atomic mass is 10.2. The first-order chi connectivity index (χ1) is 14.0. The Morgan fingerprint density at radius 2 is 1.67 bits per heavy atom. The zero-order chi connectivity index (χ0) is 22.7. The number of hydrogen-bond donors (Lipinski definition) is 2. The molecule has 0 aliphatic heterocycles. The third kappa shape index (κ3) is 4.86. The number of carbonyl (C=O) groups is 1. The number of halogens is 1. The van der Waals surface area contributed by atoms with E-state index in [9.17, 15) is 21.6 Å². The maximum atomic E-state index is 12.8. The predicted octanol–water partition coefficient (Wildman–Crippen LogP) is 2.88. The van der Waals surface area contributed by atoms with Gasteiger partial charge in [0, 0.05) is 13.1 Å². The number of methoxy groups -OCH3 is 1. The van der Waals surface area contributed by atoms with Gasteiger partial charge < -0.3 is 9.84 Å². The van der Waals surface area contributed by atoms with Crippen molar-refractivity contribution in [2.75, 3.05) is 24.9 Å². The summed E-state index contributed by atoms with van der Waals surface area (Å²) in [6.07, 6.45) is 0. The second-order valence-electron chi connectivity index (χ2n) is 6.00. The summed E-state index contributed by atoms with van der Waals surface area (Å²) < 4.78 is 59.8. The van der Waals surface area contributed by atoms with E-state index < -0.39 is 26.0 Å². The second kappa shape index (κ2) is 9.21. The third-order valence-corrected chi connectivity index (χ3v) is 7.98. The highest BCUT2D eigenvalue weighted by Crippen LogP contribution is 2.31. The minimum atomic E-state index is -4.27. The van der Waals surface area contributed by atoms with E-state index in [2.05, 4.69) is 4.72 Å². The fourth-order valence-electron chi connectivity index (χ4n) is 2.68. The van der Waals surface area contributed by atoms with Gasteiger partial charge in [-0.1, -0.05) is 25.4 Å². The van der Waals surface area contributed by atoms with Gasteiger partial charge in [0.1, 0.15) is 5.75 Å². The summed E-state index contributed by atoms with van der Waals surface area (Å²) in [6.45, 7) is 3.87. The molecule has 0 saturated heterocycles. The van der Waals surface area contributed by atoms with Crippen molar-refractivity contribution in [3.05, 3.63) is 47.0 Å². The summed E-state index contributed by atoms with van der Waals surface area (Å²) in [4.78, 5) is 10.8. The first kappa shape index (κ1) is 23.9. The number of sulfonamides is 2. The highest BCUT2D eigenvalue weighted by Gasteiger charge is 2.25. The zero-order valence-corrected chi connectivity index (χ0v) is 18.8. The third-order valence-electron chi connectivity index (χ3n) is 4.24. The summed E-state index contributed by atoms with van der Waals surface area (Å²) >= 11 is 5.79. The Bertz CT molecular complexity index is 1160. The van der Waals surface area contributed by atoms with E-state index in [-0.39, 0.29) is 44.9 Å². The van der Waals surface area contributed by atoms with Crippen LogP contribution in [0.1, 0.15) is 24.2 Å². The van der Waals surface area contributed by atoms with E-state index in [1.807, 2.05) is 0 Å². The van der Waals surface area contributed by atoms with Gasteiger partial charge in [-0.2, -0.15) is 4.31 Å². The summed E-state index contributed by atoms with van der Waals surface area (Å²) in [7, 11) is -6.82. The van der Waals surface area contributed by atoms with Crippen LogP contribution >= 0.6 is 11.6 Å². The van der Waals surface area contributed by atoms with Crippen molar-refractivity contribution < 1.29 is 31.5 Å². The molecular formula is C18H21ClN2O7S2. The van der Waals surface area contributed by atoms with Crippen LogP contribution in [0.3, 0.4) is 0 Å². The molecule has 0 unspecified atom stereocenters. The van der Waals surface area contributed by atoms with E-state index in [1.165, 1.54) is 23.5 Å². The van der Waals surface area contributed by atoms with Gasteiger partial charge in [-0.15, -0.1) is 0 Å². The maximum absolute atomic E-state index is 12.8. The molecule has 30 heavy (non-hydrogen) atoms. The Morgan fingerprint density at radius 1 is 1.07 bits per heavy atom. The molecule has 0 aliphatic carbocycles. The molecule has 2 aromatic rings. The number of carboxylic acid groups (broad SMARTS) is 1. The molecule has 0 spiro atoms. The van der Waals surface area contributed by atoms with Crippen LogP contribution in [-0.2, 0) is 20.0 Å². The molecule has 0 amide bonds. The lowest BCUT2D eigenvalue weighted by Crippen LogP contribution is -2.30. The number of ether oxygens (including phenoxy) is 1. The molecule has 0 radical (unpaired) electrons. The quantitative estimate of drug-likeness (QED) is 0.569. The first-order valence-electron chi connectivity index (χ1n) is 8.71. The standard InChI is InChI=1S/C18H21ClN2O7S2/c1-4-21(5-2)30(26,27)13-7-9-17(28-3)16(11-13)20-29(24,25)12-6-8-15(19)14(10-12)18(22)23/h6-11,20H,4-5H2,1-3H3,(H,22,23). The SMILES string of the molecule is CCN(CC)S(=O)(=O)c1ccc(OC)c(NS(=O)(=O)c2ccc(Cl)c(C(=O)O)c2)c1. The summed E-state index contributed by atoms with van der Waals surface area (Å²) in [5.74, 6) is -1.30. The largest absolute Gasteiger partial charge is 0.495 e. The van der Waals surface area contributed by atoms with Crippen molar-refractivity contribution >= 4 is 43.3 Å². The number of benzene rings is 2. The van der Waals surface area contributed by atoms with Crippen LogP contribution in [-0.4, -0.2) is 52.4 Å².